The first kappa shape index (κ1) is 10.8. The van der Waals surface area contributed by atoms with Crippen LogP contribution in [0.2, 0.25) is 0 Å². The van der Waals surface area contributed by atoms with Crippen molar-refractivity contribution in [3.05, 3.63) is 60.2 Å². The molecule has 4 aromatic rings. The number of rotatable bonds is 1. The summed E-state index contributed by atoms with van der Waals surface area (Å²) in [7, 11) is 0. The van der Waals surface area contributed by atoms with Crippen LogP contribution in [0.3, 0.4) is 0 Å². The normalized spacial score (nSPS) is 12.2. The molecule has 0 amide bonds. The lowest BCUT2D eigenvalue weighted by atomic mass is 9.88. The number of hydrogen-bond acceptors (Lipinski definition) is 0. The first-order valence-corrected chi connectivity index (χ1v) is 6.92. The van der Waals surface area contributed by atoms with Gasteiger partial charge in [0.15, 0.2) is 0 Å². The average molecular weight is 244 g/mol. The third-order valence-electron chi connectivity index (χ3n) is 4.16. The Bertz CT molecular complexity index is 884. The predicted molar refractivity (Wildman–Crippen MR) is 84.2 cm³/mol. The predicted octanol–water partition coefficient (Wildman–Crippen LogP) is 5.71. The molecular weight excluding hydrogens is 228 g/mol. The van der Waals surface area contributed by atoms with E-state index in [4.69, 9.17) is 0 Å². The van der Waals surface area contributed by atoms with E-state index in [1.165, 1.54) is 37.9 Å². The fourth-order valence-corrected chi connectivity index (χ4v) is 3.27. The van der Waals surface area contributed by atoms with Crippen LogP contribution in [0.25, 0.3) is 32.3 Å². The van der Waals surface area contributed by atoms with Gasteiger partial charge in [0.2, 0.25) is 0 Å². The zero-order valence-corrected chi connectivity index (χ0v) is 11.3. The minimum atomic E-state index is 0.550. The Kier molecular flexibility index (Phi) is 2.11. The third-order valence-corrected chi connectivity index (χ3v) is 4.16. The van der Waals surface area contributed by atoms with Crippen molar-refractivity contribution >= 4 is 32.3 Å². The van der Waals surface area contributed by atoms with Crippen molar-refractivity contribution in [2.24, 2.45) is 0 Å². The van der Waals surface area contributed by atoms with Crippen molar-refractivity contribution in [3.8, 4) is 0 Å². The molecule has 0 aliphatic rings. The first-order valence-electron chi connectivity index (χ1n) is 6.92. The fraction of sp³-hybridized carbons (Fsp3) is 0.158. The van der Waals surface area contributed by atoms with Crippen LogP contribution >= 0.6 is 0 Å². The molecule has 0 spiro atoms. The molecule has 0 aromatic heterocycles. The van der Waals surface area contributed by atoms with Crippen molar-refractivity contribution in [2.75, 3.05) is 0 Å². The largest absolute Gasteiger partial charge is 0.0610 e. The van der Waals surface area contributed by atoms with Gasteiger partial charge in [0.05, 0.1) is 0 Å². The highest BCUT2D eigenvalue weighted by Gasteiger charge is 2.12. The molecule has 4 rings (SSSR count). The molecular formula is C19H16. The van der Waals surface area contributed by atoms with Crippen LogP contribution < -0.4 is 0 Å². The summed E-state index contributed by atoms with van der Waals surface area (Å²) in [6.45, 7) is 4.55. The molecule has 0 heteroatoms. The van der Waals surface area contributed by atoms with E-state index < -0.39 is 0 Å². The Balaban J connectivity index is 2.39. The molecule has 0 saturated heterocycles. The minimum absolute atomic E-state index is 0.550. The maximum atomic E-state index is 2.37. The Morgan fingerprint density at radius 3 is 2.05 bits per heavy atom. The summed E-state index contributed by atoms with van der Waals surface area (Å²) in [4.78, 5) is 0. The van der Waals surface area contributed by atoms with Crippen molar-refractivity contribution in [1.82, 2.24) is 0 Å². The van der Waals surface area contributed by atoms with Gasteiger partial charge in [-0.15, -0.1) is 0 Å². The van der Waals surface area contributed by atoms with Crippen LogP contribution in [0.15, 0.2) is 54.6 Å². The van der Waals surface area contributed by atoms with Gasteiger partial charge in [0, 0.05) is 0 Å². The lowest BCUT2D eigenvalue weighted by Crippen LogP contribution is -1.92. The van der Waals surface area contributed by atoms with Crippen molar-refractivity contribution < 1.29 is 0 Å². The second-order valence-electron chi connectivity index (χ2n) is 5.67. The van der Waals surface area contributed by atoms with Crippen LogP contribution in [0.4, 0.5) is 0 Å². The van der Waals surface area contributed by atoms with Crippen molar-refractivity contribution in [3.63, 3.8) is 0 Å². The van der Waals surface area contributed by atoms with Gasteiger partial charge in [-0.2, -0.15) is 0 Å². The standard InChI is InChI=1S/C19H16/c1-12(2)17-11-15-7-3-5-13-9-10-14-6-4-8-16(17)19(14)18(13)15/h3-12H,1-2H3. The highest BCUT2D eigenvalue weighted by atomic mass is 14.2. The SMILES string of the molecule is CC(C)c1cc2cccc3ccc4cccc1c4c32. The second kappa shape index (κ2) is 3.71. The van der Waals surface area contributed by atoms with Crippen LogP contribution in [0.5, 0.6) is 0 Å². The topological polar surface area (TPSA) is 0 Å². The van der Waals surface area contributed by atoms with Gasteiger partial charge in [0.25, 0.3) is 0 Å². The molecule has 0 unspecified atom stereocenters. The zero-order chi connectivity index (χ0) is 13.0. The Morgan fingerprint density at radius 2 is 1.32 bits per heavy atom. The second-order valence-corrected chi connectivity index (χ2v) is 5.67. The summed E-state index contributed by atoms with van der Waals surface area (Å²) in [5.41, 5.74) is 1.46. The van der Waals surface area contributed by atoms with Gasteiger partial charge in [0.1, 0.15) is 0 Å². The lowest BCUT2D eigenvalue weighted by molar-refractivity contribution is 0.878. The fourth-order valence-electron chi connectivity index (χ4n) is 3.27. The average Bonchev–Trinajstić information content (AvgIpc) is 2.44. The molecule has 0 saturated carbocycles. The summed E-state index contributed by atoms with van der Waals surface area (Å²) in [6, 6.07) is 20.1. The van der Waals surface area contributed by atoms with E-state index in [2.05, 4.69) is 68.4 Å². The minimum Gasteiger partial charge on any atom is -0.0610 e. The molecule has 0 heterocycles. The summed E-state index contributed by atoms with van der Waals surface area (Å²) in [5, 5.41) is 8.32. The van der Waals surface area contributed by atoms with E-state index in [9.17, 15) is 0 Å². The highest BCUT2D eigenvalue weighted by molar-refractivity contribution is 6.23. The van der Waals surface area contributed by atoms with Gasteiger partial charge >= 0.3 is 0 Å². The number of hydrogen-bond donors (Lipinski definition) is 0. The van der Waals surface area contributed by atoms with Gasteiger partial charge in [-0.3, -0.25) is 0 Å². The monoisotopic (exact) mass is 244 g/mol. The van der Waals surface area contributed by atoms with E-state index in [-0.39, 0.29) is 0 Å². The summed E-state index contributed by atoms with van der Waals surface area (Å²) in [5.74, 6) is 0.550. The van der Waals surface area contributed by atoms with E-state index in [0.717, 1.165) is 0 Å². The molecule has 0 bridgehead atoms. The maximum absolute atomic E-state index is 2.37. The molecule has 0 atom stereocenters. The van der Waals surface area contributed by atoms with Gasteiger partial charge in [-0.25, -0.2) is 0 Å². The van der Waals surface area contributed by atoms with Crippen LogP contribution in [-0.2, 0) is 0 Å². The molecule has 4 aromatic carbocycles. The maximum Gasteiger partial charge on any atom is -0.00239 e. The summed E-state index contributed by atoms with van der Waals surface area (Å²) >= 11 is 0. The van der Waals surface area contributed by atoms with E-state index in [1.54, 1.807) is 0 Å². The molecule has 0 fully saturated rings. The molecule has 0 N–H and O–H groups in total. The third kappa shape index (κ3) is 1.40. The summed E-state index contributed by atoms with van der Waals surface area (Å²) < 4.78 is 0. The van der Waals surface area contributed by atoms with E-state index >= 15 is 0 Å². The van der Waals surface area contributed by atoms with Gasteiger partial charge in [-0.05, 0) is 43.8 Å². The number of benzene rings is 4. The quantitative estimate of drug-likeness (QED) is 0.376. The van der Waals surface area contributed by atoms with E-state index in [1.807, 2.05) is 0 Å². The van der Waals surface area contributed by atoms with Crippen molar-refractivity contribution in [2.45, 2.75) is 19.8 Å². The van der Waals surface area contributed by atoms with Crippen LogP contribution in [-0.4, -0.2) is 0 Å². The Labute approximate surface area is 113 Å². The van der Waals surface area contributed by atoms with Crippen LogP contribution in [0, 0.1) is 0 Å². The van der Waals surface area contributed by atoms with Crippen LogP contribution in [0.1, 0.15) is 25.3 Å². The van der Waals surface area contributed by atoms with Crippen molar-refractivity contribution in [1.29, 1.82) is 0 Å². The first-order chi connectivity index (χ1) is 9.25. The Morgan fingerprint density at radius 1 is 0.684 bits per heavy atom. The lowest BCUT2D eigenvalue weighted by Gasteiger charge is -2.16. The molecule has 0 radical (unpaired) electrons. The zero-order valence-electron chi connectivity index (χ0n) is 11.3. The van der Waals surface area contributed by atoms with Gasteiger partial charge in [-0.1, -0.05) is 68.4 Å². The van der Waals surface area contributed by atoms with E-state index in [0.29, 0.717) is 5.92 Å². The highest BCUT2D eigenvalue weighted by Crippen LogP contribution is 2.38. The molecule has 92 valence electrons. The molecule has 0 aliphatic carbocycles. The molecule has 0 nitrogen and oxygen atoms in total. The molecule has 0 aliphatic heterocycles. The summed E-state index contributed by atoms with van der Waals surface area (Å²) in [6.07, 6.45) is 0. The molecule has 19 heavy (non-hydrogen) atoms. The Hall–Kier alpha value is -2.08. The smallest absolute Gasteiger partial charge is 0.00239 e. The van der Waals surface area contributed by atoms with Gasteiger partial charge < -0.3 is 0 Å².